The largest absolute Gasteiger partial charge is 0.492 e. The van der Waals surface area contributed by atoms with Crippen LogP contribution in [0.25, 0.3) is 0 Å². The number of benzene rings is 1. The Labute approximate surface area is 113 Å². The zero-order valence-electron chi connectivity index (χ0n) is 10.9. The Morgan fingerprint density at radius 3 is 2.89 bits per heavy atom. The van der Waals surface area contributed by atoms with Gasteiger partial charge in [0.05, 0.1) is 23.8 Å². The van der Waals surface area contributed by atoms with E-state index in [9.17, 15) is 0 Å². The van der Waals surface area contributed by atoms with E-state index in [1.807, 2.05) is 25.1 Å². The Kier molecular flexibility index (Phi) is 4.72. The summed E-state index contributed by atoms with van der Waals surface area (Å²) in [4.78, 5) is 0. The molecule has 1 aromatic rings. The number of rotatable bonds is 5. The van der Waals surface area contributed by atoms with Crippen LogP contribution in [0.15, 0.2) is 18.2 Å². The van der Waals surface area contributed by atoms with Crippen molar-refractivity contribution in [1.29, 1.82) is 0 Å². The first-order chi connectivity index (χ1) is 8.69. The molecule has 0 aliphatic carbocycles. The van der Waals surface area contributed by atoms with Crippen molar-refractivity contribution in [3.63, 3.8) is 0 Å². The van der Waals surface area contributed by atoms with Crippen molar-refractivity contribution in [3.8, 4) is 5.75 Å². The summed E-state index contributed by atoms with van der Waals surface area (Å²) in [5, 5.41) is 3.99. The molecule has 100 valence electrons. The van der Waals surface area contributed by atoms with Crippen LogP contribution in [0.5, 0.6) is 5.75 Å². The first-order valence-electron chi connectivity index (χ1n) is 6.50. The normalized spacial score (nSPS) is 23.1. The molecular weight excluding hydrogens is 250 g/mol. The van der Waals surface area contributed by atoms with Gasteiger partial charge >= 0.3 is 0 Å². The fraction of sp³-hybridized carbons (Fsp3) is 0.571. The quantitative estimate of drug-likeness (QED) is 0.884. The molecule has 0 amide bonds. The van der Waals surface area contributed by atoms with Crippen LogP contribution in [0.2, 0.25) is 5.02 Å². The summed E-state index contributed by atoms with van der Waals surface area (Å²) >= 11 is 6.13. The first-order valence-corrected chi connectivity index (χ1v) is 6.88. The average molecular weight is 270 g/mol. The topological polar surface area (TPSA) is 30.5 Å². The fourth-order valence-electron chi connectivity index (χ4n) is 2.15. The number of hydrogen-bond donors (Lipinski definition) is 1. The third-order valence-corrected chi connectivity index (χ3v) is 3.38. The number of ether oxygens (including phenoxy) is 2. The van der Waals surface area contributed by atoms with Gasteiger partial charge in [0.2, 0.25) is 0 Å². The van der Waals surface area contributed by atoms with Crippen molar-refractivity contribution < 1.29 is 9.47 Å². The van der Waals surface area contributed by atoms with Crippen molar-refractivity contribution in [2.24, 2.45) is 0 Å². The summed E-state index contributed by atoms with van der Waals surface area (Å²) in [5.74, 6) is 0.732. The van der Waals surface area contributed by atoms with Crippen molar-refractivity contribution in [2.45, 2.75) is 38.9 Å². The number of halogens is 1. The minimum Gasteiger partial charge on any atom is -0.492 e. The SMILES string of the molecule is CCOc1ccc(NCC2CCC(C)O2)cc1Cl. The van der Waals surface area contributed by atoms with Gasteiger partial charge in [0, 0.05) is 12.2 Å². The minimum atomic E-state index is 0.311. The van der Waals surface area contributed by atoms with Crippen LogP contribution in [0.1, 0.15) is 26.7 Å². The molecule has 0 bridgehead atoms. The predicted molar refractivity (Wildman–Crippen MR) is 74.7 cm³/mol. The molecule has 18 heavy (non-hydrogen) atoms. The zero-order chi connectivity index (χ0) is 13.0. The van der Waals surface area contributed by atoms with Crippen molar-refractivity contribution in [2.75, 3.05) is 18.5 Å². The van der Waals surface area contributed by atoms with E-state index in [1.54, 1.807) is 0 Å². The zero-order valence-corrected chi connectivity index (χ0v) is 11.7. The lowest BCUT2D eigenvalue weighted by molar-refractivity contribution is 0.0637. The Balaban J connectivity index is 1.88. The molecule has 1 fully saturated rings. The van der Waals surface area contributed by atoms with Crippen LogP contribution in [-0.2, 0) is 4.74 Å². The van der Waals surface area contributed by atoms with Gasteiger partial charge in [0.25, 0.3) is 0 Å². The summed E-state index contributed by atoms with van der Waals surface area (Å²) in [6, 6.07) is 5.77. The second kappa shape index (κ2) is 6.30. The lowest BCUT2D eigenvalue weighted by Gasteiger charge is -2.14. The summed E-state index contributed by atoms with van der Waals surface area (Å²) in [6.07, 6.45) is 2.97. The van der Waals surface area contributed by atoms with Crippen molar-refractivity contribution in [3.05, 3.63) is 23.2 Å². The van der Waals surface area contributed by atoms with E-state index in [-0.39, 0.29) is 0 Å². The van der Waals surface area contributed by atoms with Crippen LogP contribution >= 0.6 is 11.6 Å². The molecule has 1 aliphatic rings. The molecule has 0 aromatic heterocycles. The van der Waals surface area contributed by atoms with E-state index in [0.717, 1.165) is 30.8 Å². The second-order valence-corrected chi connectivity index (χ2v) is 5.01. The Bertz CT molecular complexity index is 397. The minimum absolute atomic E-state index is 0.311. The van der Waals surface area contributed by atoms with Crippen molar-refractivity contribution in [1.82, 2.24) is 0 Å². The highest BCUT2D eigenvalue weighted by Crippen LogP contribution is 2.28. The molecule has 1 aliphatic heterocycles. The Morgan fingerprint density at radius 1 is 1.44 bits per heavy atom. The highest BCUT2D eigenvalue weighted by Gasteiger charge is 2.21. The van der Waals surface area contributed by atoms with Crippen LogP contribution in [0.4, 0.5) is 5.69 Å². The Morgan fingerprint density at radius 2 is 2.28 bits per heavy atom. The molecule has 4 heteroatoms. The molecule has 2 rings (SSSR count). The van der Waals surface area contributed by atoms with E-state index in [0.29, 0.717) is 23.8 Å². The number of nitrogens with one attached hydrogen (secondary N) is 1. The standard InChI is InChI=1S/C14H20ClNO2/c1-3-17-14-7-5-11(8-13(14)15)16-9-12-6-4-10(2)18-12/h5,7-8,10,12,16H,3-4,6,9H2,1-2H3. The maximum Gasteiger partial charge on any atom is 0.138 e. The van der Waals surface area contributed by atoms with E-state index in [2.05, 4.69) is 12.2 Å². The maximum atomic E-state index is 6.13. The van der Waals surface area contributed by atoms with Crippen LogP contribution in [0.3, 0.4) is 0 Å². The summed E-state index contributed by atoms with van der Waals surface area (Å²) in [5.41, 5.74) is 1.01. The molecule has 1 heterocycles. The smallest absolute Gasteiger partial charge is 0.138 e. The van der Waals surface area contributed by atoms with Gasteiger partial charge in [-0.2, -0.15) is 0 Å². The van der Waals surface area contributed by atoms with Gasteiger partial charge < -0.3 is 14.8 Å². The van der Waals surface area contributed by atoms with Gasteiger partial charge in [-0.05, 0) is 44.9 Å². The summed E-state index contributed by atoms with van der Waals surface area (Å²) in [7, 11) is 0. The third-order valence-electron chi connectivity index (χ3n) is 3.09. The number of hydrogen-bond acceptors (Lipinski definition) is 3. The van der Waals surface area contributed by atoms with Gasteiger partial charge in [0.15, 0.2) is 0 Å². The fourth-order valence-corrected chi connectivity index (χ4v) is 2.39. The molecule has 1 saturated heterocycles. The van der Waals surface area contributed by atoms with Crippen LogP contribution < -0.4 is 10.1 Å². The van der Waals surface area contributed by atoms with Crippen LogP contribution in [-0.4, -0.2) is 25.4 Å². The molecule has 1 aromatic carbocycles. The Hall–Kier alpha value is -0.930. The molecule has 1 N–H and O–H groups in total. The second-order valence-electron chi connectivity index (χ2n) is 4.61. The van der Waals surface area contributed by atoms with Gasteiger partial charge in [0.1, 0.15) is 5.75 Å². The first kappa shape index (κ1) is 13.5. The monoisotopic (exact) mass is 269 g/mol. The molecule has 2 unspecified atom stereocenters. The van der Waals surface area contributed by atoms with E-state index in [4.69, 9.17) is 21.1 Å². The van der Waals surface area contributed by atoms with Gasteiger partial charge in [-0.25, -0.2) is 0 Å². The highest BCUT2D eigenvalue weighted by molar-refractivity contribution is 6.32. The average Bonchev–Trinajstić information content (AvgIpc) is 2.76. The lowest BCUT2D eigenvalue weighted by atomic mass is 10.2. The lowest BCUT2D eigenvalue weighted by Crippen LogP contribution is -2.19. The summed E-state index contributed by atoms with van der Waals surface area (Å²) < 4.78 is 11.2. The molecule has 0 saturated carbocycles. The van der Waals surface area contributed by atoms with Gasteiger partial charge in [-0.15, -0.1) is 0 Å². The van der Waals surface area contributed by atoms with Gasteiger partial charge in [-0.3, -0.25) is 0 Å². The van der Waals surface area contributed by atoms with Crippen LogP contribution in [0, 0.1) is 0 Å². The third kappa shape index (κ3) is 3.53. The van der Waals surface area contributed by atoms with E-state index < -0.39 is 0 Å². The molecule has 0 radical (unpaired) electrons. The van der Waals surface area contributed by atoms with E-state index in [1.165, 1.54) is 0 Å². The molecule has 2 atom stereocenters. The highest BCUT2D eigenvalue weighted by atomic mass is 35.5. The number of anilines is 1. The molecule has 0 spiro atoms. The van der Waals surface area contributed by atoms with Gasteiger partial charge in [-0.1, -0.05) is 11.6 Å². The van der Waals surface area contributed by atoms with E-state index >= 15 is 0 Å². The molecular formula is C14H20ClNO2. The van der Waals surface area contributed by atoms with Crippen molar-refractivity contribution >= 4 is 17.3 Å². The summed E-state index contributed by atoms with van der Waals surface area (Å²) in [6.45, 7) is 5.52. The maximum absolute atomic E-state index is 6.13. The molecule has 3 nitrogen and oxygen atoms in total. The predicted octanol–water partition coefficient (Wildman–Crippen LogP) is 3.72.